The maximum atomic E-state index is 5.75. The Labute approximate surface area is 108 Å². The summed E-state index contributed by atoms with van der Waals surface area (Å²) in [6.45, 7) is 7.41. The third-order valence-electron chi connectivity index (χ3n) is 3.06. The quantitative estimate of drug-likeness (QED) is 0.766. The Bertz CT molecular complexity index is 342. The number of ether oxygens (including phenoxy) is 1. The van der Waals surface area contributed by atoms with Crippen LogP contribution in [0.3, 0.4) is 0 Å². The van der Waals surface area contributed by atoms with Crippen LogP contribution in [0.25, 0.3) is 0 Å². The maximum absolute atomic E-state index is 5.75. The molecule has 0 aliphatic carbocycles. The molecule has 1 aromatic rings. The predicted octanol–water partition coefficient (Wildman–Crippen LogP) is 3.02. The van der Waals surface area contributed by atoms with E-state index in [4.69, 9.17) is 4.74 Å². The molecule has 0 N–H and O–H groups in total. The van der Waals surface area contributed by atoms with Gasteiger partial charge in [0, 0.05) is 24.5 Å². The van der Waals surface area contributed by atoms with Gasteiger partial charge in [0.2, 0.25) is 0 Å². The number of nitrogens with zero attached hydrogens (tertiary/aromatic N) is 1. The first-order valence-corrected chi connectivity index (χ1v) is 7.40. The van der Waals surface area contributed by atoms with Crippen LogP contribution in [-0.4, -0.2) is 36.5 Å². The summed E-state index contributed by atoms with van der Waals surface area (Å²) in [6.07, 6.45) is 2.81. The van der Waals surface area contributed by atoms with E-state index in [1.807, 2.05) is 0 Å². The highest BCUT2D eigenvalue weighted by Crippen LogP contribution is 2.18. The molecule has 0 bridgehead atoms. The van der Waals surface area contributed by atoms with Crippen LogP contribution >= 0.6 is 11.8 Å². The van der Waals surface area contributed by atoms with E-state index in [0.29, 0.717) is 12.2 Å². The summed E-state index contributed by atoms with van der Waals surface area (Å²) >= 11 is 1.79. The van der Waals surface area contributed by atoms with Crippen LogP contribution in [0.15, 0.2) is 29.2 Å². The molecule has 0 amide bonds. The van der Waals surface area contributed by atoms with Crippen LogP contribution in [0, 0.1) is 0 Å². The Hall–Kier alpha value is -0.510. The summed E-state index contributed by atoms with van der Waals surface area (Å²) in [5, 5.41) is 0. The van der Waals surface area contributed by atoms with Crippen molar-refractivity contribution < 1.29 is 4.74 Å². The van der Waals surface area contributed by atoms with Crippen LogP contribution in [0.5, 0.6) is 0 Å². The van der Waals surface area contributed by atoms with Gasteiger partial charge in [-0.05, 0) is 37.8 Å². The van der Waals surface area contributed by atoms with Crippen LogP contribution in [0.2, 0.25) is 0 Å². The van der Waals surface area contributed by atoms with E-state index in [9.17, 15) is 0 Å². The summed E-state index contributed by atoms with van der Waals surface area (Å²) in [7, 11) is 0. The van der Waals surface area contributed by atoms with Gasteiger partial charge in [0.1, 0.15) is 0 Å². The molecule has 0 spiro atoms. The number of benzene rings is 1. The summed E-state index contributed by atoms with van der Waals surface area (Å²) in [6, 6.07) is 8.87. The van der Waals surface area contributed by atoms with Crippen LogP contribution in [0.1, 0.15) is 19.4 Å². The highest BCUT2D eigenvalue weighted by atomic mass is 32.2. The minimum absolute atomic E-state index is 0.351. The molecule has 0 aromatic heterocycles. The van der Waals surface area contributed by atoms with Crippen molar-refractivity contribution in [3.63, 3.8) is 0 Å². The van der Waals surface area contributed by atoms with Gasteiger partial charge in [-0.1, -0.05) is 12.1 Å². The smallest absolute Gasteiger partial charge is 0.0678 e. The van der Waals surface area contributed by atoms with E-state index in [0.717, 1.165) is 19.6 Å². The molecule has 94 valence electrons. The highest BCUT2D eigenvalue weighted by molar-refractivity contribution is 7.98. The lowest BCUT2D eigenvalue weighted by Gasteiger charge is -2.35. The molecule has 3 heteroatoms. The average Bonchev–Trinajstić information content (AvgIpc) is 2.28. The van der Waals surface area contributed by atoms with Gasteiger partial charge < -0.3 is 4.74 Å². The Balaban J connectivity index is 1.95. The predicted molar refractivity (Wildman–Crippen MR) is 73.5 cm³/mol. The second kappa shape index (κ2) is 5.89. The number of hydrogen-bond donors (Lipinski definition) is 0. The molecular weight excluding hydrogens is 230 g/mol. The van der Waals surface area contributed by atoms with E-state index >= 15 is 0 Å². The van der Waals surface area contributed by atoms with Gasteiger partial charge >= 0.3 is 0 Å². The van der Waals surface area contributed by atoms with E-state index in [-0.39, 0.29) is 0 Å². The number of thioether (sulfide) groups is 1. The van der Waals surface area contributed by atoms with E-state index in [2.05, 4.69) is 49.3 Å². The van der Waals surface area contributed by atoms with Gasteiger partial charge in [-0.2, -0.15) is 0 Å². The summed E-state index contributed by atoms with van der Waals surface area (Å²) in [5.74, 6) is 0. The van der Waals surface area contributed by atoms with Crippen LogP contribution < -0.4 is 0 Å². The number of rotatable bonds is 3. The van der Waals surface area contributed by atoms with Crippen molar-refractivity contribution in [2.75, 3.05) is 19.3 Å². The first kappa shape index (κ1) is 12.9. The van der Waals surface area contributed by atoms with E-state index in [1.54, 1.807) is 11.8 Å². The molecular formula is C14H21NOS. The second-order valence-electron chi connectivity index (χ2n) is 4.80. The number of morpholine rings is 1. The molecule has 17 heavy (non-hydrogen) atoms. The van der Waals surface area contributed by atoms with Crippen molar-refractivity contribution in [2.24, 2.45) is 0 Å². The Kier molecular flexibility index (Phi) is 4.48. The third-order valence-corrected chi connectivity index (χ3v) is 3.80. The zero-order chi connectivity index (χ0) is 12.3. The molecule has 1 aliphatic heterocycles. The first-order valence-electron chi connectivity index (χ1n) is 6.18. The normalized spacial score (nSPS) is 26.1. The Morgan fingerprint density at radius 1 is 1.18 bits per heavy atom. The van der Waals surface area contributed by atoms with Gasteiger partial charge in [0.05, 0.1) is 12.2 Å². The SMILES string of the molecule is CSc1ccc(CN2C[C@@H](C)O[C@@H](C)C2)cc1. The molecule has 2 nitrogen and oxygen atoms in total. The van der Waals surface area contributed by atoms with Gasteiger partial charge in [0.15, 0.2) is 0 Å². The molecule has 2 atom stereocenters. The lowest BCUT2D eigenvalue weighted by molar-refractivity contribution is -0.0704. The lowest BCUT2D eigenvalue weighted by Crippen LogP contribution is -2.44. The van der Waals surface area contributed by atoms with Crippen LogP contribution in [0.4, 0.5) is 0 Å². The number of hydrogen-bond acceptors (Lipinski definition) is 3. The van der Waals surface area contributed by atoms with Crippen molar-refractivity contribution in [1.82, 2.24) is 4.90 Å². The fraction of sp³-hybridized carbons (Fsp3) is 0.571. The van der Waals surface area contributed by atoms with Crippen molar-refractivity contribution in [3.8, 4) is 0 Å². The Morgan fingerprint density at radius 3 is 2.29 bits per heavy atom. The minimum Gasteiger partial charge on any atom is -0.373 e. The maximum Gasteiger partial charge on any atom is 0.0678 e. The molecule has 1 fully saturated rings. The van der Waals surface area contributed by atoms with Gasteiger partial charge in [-0.3, -0.25) is 4.90 Å². The molecule has 1 saturated heterocycles. The zero-order valence-corrected chi connectivity index (χ0v) is 11.7. The second-order valence-corrected chi connectivity index (χ2v) is 5.68. The zero-order valence-electron chi connectivity index (χ0n) is 10.8. The molecule has 1 aliphatic rings. The molecule has 0 radical (unpaired) electrons. The topological polar surface area (TPSA) is 12.5 Å². The highest BCUT2D eigenvalue weighted by Gasteiger charge is 2.21. The summed E-state index contributed by atoms with van der Waals surface area (Å²) in [4.78, 5) is 3.81. The average molecular weight is 251 g/mol. The van der Waals surface area contributed by atoms with E-state index < -0.39 is 0 Å². The molecule has 0 saturated carbocycles. The van der Waals surface area contributed by atoms with Crippen LogP contribution in [-0.2, 0) is 11.3 Å². The third kappa shape index (κ3) is 3.73. The molecule has 1 heterocycles. The van der Waals surface area contributed by atoms with Gasteiger partial charge in [0.25, 0.3) is 0 Å². The largest absolute Gasteiger partial charge is 0.373 e. The lowest BCUT2D eigenvalue weighted by atomic mass is 10.1. The Morgan fingerprint density at radius 2 is 1.76 bits per heavy atom. The first-order chi connectivity index (χ1) is 8.17. The van der Waals surface area contributed by atoms with Crippen molar-refractivity contribution in [3.05, 3.63) is 29.8 Å². The summed E-state index contributed by atoms with van der Waals surface area (Å²) < 4.78 is 5.75. The van der Waals surface area contributed by atoms with Crippen molar-refractivity contribution >= 4 is 11.8 Å². The van der Waals surface area contributed by atoms with Gasteiger partial charge in [-0.25, -0.2) is 0 Å². The standard InChI is InChI=1S/C14H21NOS/c1-11-8-15(9-12(2)16-11)10-13-4-6-14(17-3)7-5-13/h4-7,11-12H,8-10H2,1-3H3/t11-,12+. The summed E-state index contributed by atoms with van der Waals surface area (Å²) in [5.41, 5.74) is 1.39. The molecule has 0 unspecified atom stereocenters. The van der Waals surface area contributed by atoms with Crippen molar-refractivity contribution in [2.45, 2.75) is 37.5 Å². The molecule has 1 aromatic carbocycles. The van der Waals surface area contributed by atoms with Crippen molar-refractivity contribution in [1.29, 1.82) is 0 Å². The van der Waals surface area contributed by atoms with Gasteiger partial charge in [-0.15, -0.1) is 11.8 Å². The monoisotopic (exact) mass is 251 g/mol. The van der Waals surface area contributed by atoms with E-state index in [1.165, 1.54) is 10.5 Å². The minimum atomic E-state index is 0.351. The fourth-order valence-electron chi connectivity index (χ4n) is 2.40. The molecule has 2 rings (SSSR count). The fourth-order valence-corrected chi connectivity index (χ4v) is 2.81.